The summed E-state index contributed by atoms with van der Waals surface area (Å²) in [5, 5.41) is 22.6. The van der Waals surface area contributed by atoms with Crippen molar-refractivity contribution >= 4 is 5.69 Å². The summed E-state index contributed by atoms with van der Waals surface area (Å²) >= 11 is 0. The van der Waals surface area contributed by atoms with Gasteiger partial charge in [0.15, 0.2) is 11.5 Å². The predicted octanol–water partition coefficient (Wildman–Crippen LogP) is 3.03. The van der Waals surface area contributed by atoms with Gasteiger partial charge in [-0.15, -0.1) is 0 Å². The molecule has 2 aromatic rings. The molecular weight excluding hydrogens is 242 g/mol. The van der Waals surface area contributed by atoms with E-state index in [4.69, 9.17) is 4.74 Å². The second kappa shape index (κ2) is 5.52. The summed E-state index contributed by atoms with van der Waals surface area (Å²) in [5.41, 5.74) is 2.67. The number of hydrogen-bond acceptors (Lipinski definition) is 4. The monoisotopic (exact) mass is 259 g/mol. The summed E-state index contributed by atoms with van der Waals surface area (Å²) in [6.07, 6.45) is 0. The molecule has 0 heterocycles. The van der Waals surface area contributed by atoms with Gasteiger partial charge in [-0.25, -0.2) is 0 Å². The predicted molar refractivity (Wildman–Crippen MR) is 74.8 cm³/mol. The minimum atomic E-state index is 0.0842. The molecule has 4 heteroatoms. The molecule has 0 aliphatic carbocycles. The highest BCUT2D eigenvalue weighted by Crippen LogP contribution is 2.29. The highest BCUT2D eigenvalue weighted by Gasteiger charge is 2.04. The lowest BCUT2D eigenvalue weighted by molar-refractivity contribution is 0.373. The zero-order valence-corrected chi connectivity index (χ0v) is 11.0. The van der Waals surface area contributed by atoms with Crippen molar-refractivity contribution in [2.75, 3.05) is 12.4 Å². The molecule has 0 bridgehead atoms. The number of hydrogen-bond donors (Lipinski definition) is 3. The van der Waals surface area contributed by atoms with E-state index in [1.54, 1.807) is 18.2 Å². The first-order valence-corrected chi connectivity index (χ1v) is 5.99. The van der Waals surface area contributed by atoms with Crippen LogP contribution in [0, 0.1) is 6.92 Å². The molecule has 3 N–H and O–H groups in total. The lowest BCUT2D eigenvalue weighted by Gasteiger charge is -2.10. The minimum absolute atomic E-state index is 0.0842. The van der Waals surface area contributed by atoms with E-state index >= 15 is 0 Å². The summed E-state index contributed by atoms with van der Waals surface area (Å²) in [4.78, 5) is 0. The molecule has 0 amide bonds. The van der Waals surface area contributed by atoms with Crippen LogP contribution in [0.15, 0.2) is 36.4 Å². The number of phenols is 2. The third kappa shape index (κ3) is 3.10. The lowest BCUT2D eigenvalue weighted by atomic mass is 10.1. The van der Waals surface area contributed by atoms with Gasteiger partial charge in [0, 0.05) is 23.9 Å². The molecule has 0 fully saturated rings. The Bertz CT molecular complexity index is 582. The molecule has 0 radical (unpaired) electrons. The maximum Gasteiger partial charge on any atom is 0.160 e. The molecular formula is C15H17NO3. The van der Waals surface area contributed by atoms with E-state index in [-0.39, 0.29) is 11.5 Å². The van der Waals surface area contributed by atoms with Crippen molar-refractivity contribution in [1.29, 1.82) is 0 Å². The Balaban J connectivity index is 2.10. The standard InChI is InChI=1S/C15H17NO3/c1-10-3-5-13(17)11(7-10)9-16-12-4-6-15(19-2)14(18)8-12/h3-8,16-18H,9H2,1-2H3. The van der Waals surface area contributed by atoms with Crippen LogP contribution in [0.25, 0.3) is 0 Å². The molecule has 100 valence electrons. The normalized spacial score (nSPS) is 10.2. The topological polar surface area (TPSA) is 61.7 Å². The fourth-order valence-corrected chi connectivity index (χ4v) is 1.85. The van der Waals surface area contributed by atoms with Gasteiger partial charge in [-0.1, -0.05) is 17.7 Å². The lowest BCUT2D eigenvalue weighted by Crippen LogP contribution is -2.00. The van der Waals surface area contributed by atoms with Crippen LogP contribution in [0.2, 0.25) is 0 Å². The average Bonchev–Trinajstić information content (AvgIpc) is 2.40. The maximum absolute atomic E-state index is 9.74. The van der Waals surface area contributed by atoms with E-state index in [0.29, 0.717) is 12.3 Å². The smallest absolute Gasteiger partial charge is 0.160 e. The third-order valence-electron chi connectivity index (χ3n) is 2.90. The van der Waals surface area contributed by atoms with Gasteiger partial charge in [0.05, 0.1) is 7.11 Å². The van der Waals surface area contributed by atoms with Gasteiger partial charge in [0.25, 0.3) is 0 Å². The molecule has 2 rings (SSSR count). The molecule has 2 aromatic carbocycles. The molecule has 19 heavy (non-hydrogen) atoms. The molecule has 0 aliphatic rings. The summed E-state index contributed by atoms with van der Waals surface area (Å²) < 4.78 is 4.98. The first-order chi connectivity index (χ1) is 9.10. The Morgan fingerprint density at radius 1 is 1.05 bits per heavy atom. The Morgan fingerprint density at radius 2 is 1.84 bits per heavy atom. The van der Waals surface area contributed by atoms with Gasteiger partial charge in [-0.3, -0.25) is 0 Å². The third-order valence-corrected chi connectivity index (χ3v) is 2.90. The Labute approximate surface area is 112 Å². The van der Waals surface area contributed by atoms with Gasteiger partial charge in [-0.2, -0.15) is 0 Å². The number of ether oxygens (including phenoxy) is 1. The fourth-order valence-electron chi connectivity index (χ4n) is 1.85. The number of nitrogens with one attached hydrogen (secondary N) is 1. The van der Waals surface area contributed by atoms with Crippen molar-refractivity contribution in [2.24, 2.45) is 0 Å². The molecule has 4 nitrogen and oxygen atoms in total. The van der Waals surface area contributed by atoms with Crippen molar-refractivity contribution in [3.63, 3.8) is 0 Å². The summed E-state index contributed by atoms with van der Waals surface area (Å²) in [5.74, 6) is 0.778. The van der Waals surface area contributed by atoms with Crippen LogP contribution in [0.5, 0.6) is 17.2 Å². The zero-order chi connectivity index (χ0) is 13.8. The van der Waals surface area contributed by atoms with Crippen molar-refractivity contribution in [3.05, 3.63) is 47.5 Å². The summed E-state index contributed by atoms with van der Waals surface area (Å²) in [6.45, 7) is 2.46. The van der Waals surface area contributed by atoms with E-state index in [9.17, 15) is 10.2 Å². The van der Waals surface area contributed by atoms with Crippen LogP contribution >= 0.6 is 0 Å². The number of benzene rings is 2. The Kier molecular flexibility index (Phi) is 3.80. The van der Waals surface area contributed by atoms with E-state index in [0.717, 1.165) is 16.8 Å². The average molecular weight is 259 g/mol. The second-order valence-electron chi connectivity index (χ2n) is 4.37. The zero-order valence-electron chi connectivity index (χ0n) is 11.0. The van der Waals surface area contributed by atoms with Crippen molar-refractivity contribution in [1.82, 2.24) is 0 Å². The second-order valence-corrected chi connectivity index (χ2v) is 4.37. The van der Waals surface area contributed by atoms with Gasteiger partial charge < -0.3 is 20.3 Å². The SMILES string of the molecule is COc1ccc(NCc2cc(C)ccc2O)cc1O. The number of phenolic OH excluding ortho intramolecular Hbond substituents is 2. The van der Waals surface area contributed by atoms with Crippen LogP contribution in [-0.4, -0.2) is 17.3 Å². The van der Waals surface area contributed by atoms with Crippen LogP contribution < -0.4 is 10.1 Å². The van der Waals surface area contributed by atoms with Gasteiger partial charge in [0.2, 0.25) is 0 Å². The van der Waals surface area contributed by atoms with Crippen LogP contribution in [0.3, 0.4) is 0 Å². The van der Waals surface area contributed by atoms with Gasteiger partial charge in [0.1, 0.15) is 5.75 Å². The van der Waals surface area contributed by atoms with Crippen molar-refractivity contribution in [2.45, 2.75) is 13.5 Å². The highest BCUT2D eigenvalue weighted by molar-refractivity contribution is 5.54. The van der Waals surface area contributed by atoms with E-state index in [2.05, 4.69) is 5.32 Å². The summed E-state index contributed by atoms with van der Waals surface area (Å²) in [7, 11) is 1.51. The van der Waals surface area contributed by atoms with Crippen LogP contribution in [-0.2, 0) is 6.54 Å². The molecule has 0 aliphatic heterocycles. The molecule has 0 saturated heterocycles. The molecule has 0 aromatic heterocycles. The number of rotatable bonds is 4. The maximum atomic E-state index is 9.74. The van der Waals surface area contributed by atoms with Gasteiger partial charge >= 0.3 is 0 Å². The van der Waals surface area contributed by atoms with Crippen LogP contribution in [0.1, 0.15) is 11.1 Å². The quantitative estimate of drug-likeness (QED) is 0.789. The van der Waals surface area contributed by atoms with Crippen molar-refractivity contribution < 1.29 is 14.9 Å². The van der Waals surface area contributed by atoms with E-state index in [1.807, 2.05) is 25.1 Å². The summed E-state index contributed by atoms with van der Waals surface area (Å²) in [6, 6.07) is 10.5. The molecule has 0 saturated carbocycles. The number of methoxy groups -OCH3 is 1. The fraction of sp³-hybridized carbons (Fsp3) is 0.200. The first-order valence-electron chi connectivity index (χ1n) is 5.99. The Morgan fingerprint density at radius 3 is 2.53 bits per heavy atom. The van der Waals surface area contributed by atoms with Crippen LogP contribution in [0.4, 0.5) is 5.69 Å². The molecule has 0 atom stereocenters. The van der Waals surface area contributed by atoms with Gasteiger partial charge in [-0.05, 0) is 25.1 Å². The number of aromatic hydroxyl groups is 2. The van der Waals surface area contributed by atoms with E-state index < -0.39 is 0 Å². The Hall–Kier alpha value is -2.36. The first kappa shape index (κ1) is 13.1. The molecule has 0 spiro atoms. The van der Waals surface area contributed by atoms with E-state index in [1.165, 1.54) is 7.11 Å². The number of aryl methyl sites for hydroxylation is 1. The van der Waals surface area contributed by atoms with Crippen molar-refractivity contribution in [3.8, 4) is 17.2 Å². The highest BCUT2D eigenvalue weighted by atomic mass is 16.5. The minimum Gasteiger partial charge on any atom is -0.508 e. The largest absolute Gasteiger partial charge is 0.508 e. The number of anilines is 1. The molecule has 0 unspecified atom stereocenters.